The Labute approximate surface area is 231 Å². The number of hydrogen-bond donors (Lipinski definition) is 1. The summed E-state index contributed by atoms with van der Waals surface area (Å²) in [7, 11) is 6.28. The molecule has 0 radical (unpaired) electrons. The molecule has 10 nitrogen and oxygen atoms in total. The minimum Gasteiger partial charge on any atom is -0.497 e. The summed E-state index contributed by atoms with van der Waals surface area (Å²) in [6, 6.07) is 20.7. The highest BCUT2D eigenvalue weighted by atomic mass is 32.2. The monoisotopic (exact) mass is 547 g/mol. The van der Waals surface area contributed by atoms with Gasteiger partial charge in [0, 0.05) is 11.3 Å². The van der Waals surface area contributed by atoms with Crippen molar-refractivity contribution in [2.45, 2.75) is 12.1 Å². The highest BCUT2D eigenvalue weighted by Crippen LogP contribution is 2.41. The lowest BCUT2D eigenvalue weighted by Crippen LogP contribution is -2.21. The highest BCUT2D eigenvalue weighted by Gasteiger charge is 2.21. The van der Waals surface area contributed by atoms with Crippen LogP contribution < -0.4 is 24.4 Å². The summed E-state index contributed by atoms with van der Waals surface area (Å²) in [5.41, 5.74) is 5.71. The molecule has 0 saturated carbocycles. The van der Waals surface area contributed by atoms with Crippen molar-refractivity contribution in [3.63, 3.8) is 0 Å². The minimum absolute atomic E-state index is 0.0830. The second-order valence-electron chi connectivity index (χ2n) is 8.14. The molecule has 0 aliphatic heterocycles. The Bertz CT molecular complexity index is 1430. The Kier molecular flexibility index (Phi) is 9.06. The van der Waals surface area contributed by atoms with Crippen LogP contribution in [0.5, 0.6) is 23.0 Å². The third-order valence-electron chi connectivity index (χ3n) is 5.76. The third kappa shape index (κ3) is 6.32. The Hall–Kier alpha value is -4.51. The summed E-state index contributed by atoms with van der Waals surface area (Å²) in [5, 5.41) is 13.6. The molecule has 0 fully saturated rings. The maximum absolute atomic E-state index is 12.7. The van der Waals surface area contributed by atoms with E-state index >= 15 is 0 Å². The van der Waals surface area contributed by atoms with E-state index in [1.807, 2.05) is 78.2 Å². The van der Waals surface area contributed by atoms with Crippen LogP contribution in [0.1, 0.15) is 12.5 Å². The fraction of sp³-hybridized carbons (Fsp3) is 0.214. The number of para-hydroxylation sites is 1. The number of nitrogens with zero attached hydrogens (tertiary/aromatic N) is 4. The minimum atomic E-state index is -0.273. The molecule has 0 saturated heterocycles. The SMILES string of the molecule is COc1ccc(C(C)=NNC(=O)CSc2nnc(-c3cc(OC)c(OC)c(OC)c3)n2-c2ccccc2)cc1. The van der Waals surface area contributed by atoms with Crippen molar-refractivity contribution >= 4 is 23.4 Å². The molecule has 1 heterocycles. The number of aromatic nitrogens is 3. The Morgan fingerprint density at radius 1 is 0.897 bits per heavy atom. The molecule has 0 atom stereocenters. The molecule has 4 aromatic rings. The predicted molar refractivity (Wildman–Crippen MR) is 151 cm³/mol. The van der Waals surface area contributed by atoms with Crippen molar-refractivity contribution in [2.75, 3.05) is 34.2 Å². The summed E-state index contributed by atoms with van der Waals surface area (Å²) >= 11 is 1.25. The molecular weight excluding hydrogens is 518 g/mol. The molecule has 0 aliphatic carbocycles. The summed E-state index contributed by atoms with van der Waals surface area (Å²) < 4.78 is 23.6. The number of carbonyl (C=O) groups is 1. The van der Waals surface area contributed by atoms with Gasteiger partial charge in [0.15, 0.2) is 22.5 Å². The highest BCUT2D eigenvalue weighted by molar-refractivity contribution is 7.99. The summed E-state index contributed by atoms with van der Waals surface area (Å²) in [6.07, 6.45) is 0. The first kappa shape index (κ1) is 27.5. The zero-order valence-electron chi connectivity index (χ0n) is 22.3. The zero-order valence-corrected chi connectivity index (χ0v) is 23.1. The van der Waals surface area contributed by atoms with Crippen molar-refractivity contribution in [1.82, 2.24) is 20.2 Å². The van der Waals surface area contributed by atoms with Crippen LogP contribution in [0.2, 0.25) is 0 Å². The van der Waals surface area contributed by atoms with Gasteiger partial charge in [0.1, 0.15) is 5.75 Å². The van der Waals surface area contributed by atoms with Gasteiger partial charge >= 0.3 is 0 Å². The van der Waals surface area contributed by atoms with Crippen molar-refractivity contribution in [2.24, 2.45) is 5.10 Å². The molecular formula is C28H29N5O5S. The van der Waals surface area contributed by atoms with Crippen LogP contribution in [-0.2, 0) is 4.79 Å². The largest absolute Gasteiger partial charge is 0.497 e. The van der Waals surface area contributed by atoms with E-state index < -0.39 is 0 Å². The fourth-order valence-electron chi connectivity index (χ4n) is 3.78. The first-order valence-corrected chi connectivity index (χ1v) is 12.9. The van der Waals surface area contributed by atoms with Crippen LogP contribution in [0, 0.1) is 0 Å². The van der Waals surface area contributed by atoms with Gasteiger partial charge in [0.2, 0.25) is 5.75 Å². The number of benzene rings is 3. The maximum atomic E-state index is 12.7. The average molecular weight is 548 g/mol. The van der Waals surface area contributed by atoms with E-state index in [0.29, 0.717) is 39.5 Å². The molecule has 1 aromatic heterocycles. The smallest absolute Gasteiger partial charge is 0.250 e. The molecule has 0 aliphatic rings. The molecule has 39 heavy (non-hydrogen) atoms. The van der Waals surface area contributed by atoms with Crippen molar-refractivity contribution in [3.8, 4) is 40.1 Å². The Balaban J connectivity index is 1.58. The van der Waals surface area contributed by atoms with Crippen LogP contribution in [0.4, 0.5) is 0 Å². The van der Waals surface area contributed by atoms with Gasteiger partial charge in [-0.25, -0.2) is 5.43 Å². The van der Waals surface area contributed by atoms with Gasteiger partial charge in [-0.2, -0.15) is 5.10 Å². The third-order valence-corrected chi connectivity index (χ3v) is 6.69. The maximum Gasteiger partial charge on any atom is 0.250 e. The molecule has 11 heteroatoms. The number of hydrogen-bond acceptors (Lipinski definition) is 9. The molecule has 0 bridgehead atoms. The van der Waals surface area contributed by atoms with E-state index in [1.54, 1.807) is 28.4 Å². The zero-order chi connectivity index (χ0) is 27.8. The lowest BCUT2D eigenvalue weighted by Gasteiger charge is -2.15. The van der Waals surface area contributed by atoms with Gasteiger partial charge in [-0.05, 0) is 61.0 Å². The Morgan fingerprint density at radius 2 is 1.56 bits per heavy atom. The number of carbonyl (C=O) groups excluding carboxylic acids is 1. The van der Waals surface area contributed by atoms with Gasteiger partial charge in [-0.1, -0.05) is 30.0 Å². The molecule has 202 valence electrons. The normalized spacial score (nSPS) is 11.2. The summed E-state index contributed by atoms with van der Waals surface area (Å²) in [5.74, 6) is 2.58. The molecule has 1 amide bonds. The Morgan fingerprint density at radius 3 is 2.15 bits per heavy atom. The number of amides is 1. The van der Waals surface area contributed by atoms with Crippen LogP contribution in [0.15, 0.2) is 77.0 Å². The number of rotatable bonds is 11. The van der Waals surface area contributed by atoms with Gasteiger partial charge in [0.25, 0.3) is 5.91 Å². The van der Waals surface area contributed by atoms with Crippen LogP contribution >= 0.6 is 11.8 Å². The van der Waals surface area contributed by atoms with Crippen molar-refractivity contribution in [1.29, 1.82) is 0 Å². The van der Waals surface area contributed by atoms with E-state index in [1.165, 1.54) is 11.8 Å². The molecule has 0 unspecified atom stereocenters. The number of hydrazone groups is 1. The second kappa shape index (κ2) is 12.8. The quantitative estimate of drug-likeness (QED) is 0.165. The van der Waals surface area contributed by atoms with E-state index in [4.69, 9.17) is 18.9 Å². The topological polar surface area (TPSA) is 109 Å². The van der Waals surface area contributed by atoms with Crippen LogP contribution in [0.3, 0.4) is 0 Å². The number of nitrogens with one attached hydrogen (secondary N) is 1. The standard InChI is InChI=1S/C28H29N5O5S/c1-18(19-11-13-22(35-2)14-12-19)29-30-25(34)17-39-28-32-31-27(33(28)21-9-7-6-8-10-21)20-15-23(36-3)26(38-5)24(16-20)37-4/h6-16H,17H2,1-5H3,(H,30,34). The molecule has 3 aromatic carbocycles. The van der Waals surface area contributed by atoms with Gasteiger partial charge in [-0.15, -0.1) is 10.2 Å². The van der Waals surface area contributed by atoms with Crippen molar-refractivity contribution < 1.29 is 23.7 Å². The first-order chi connectivity index (χ1) is 19.0. The first-order valence-electron chi connectivity index (χ1n) is 11.9. The fourth-order valence-corrected chi connectivity index (χ4v) is 4.52. The molecule has 1 N–H and O–H groups in total. The number of methoxy groups -OCH3 is 4. The summed E-state index contributed by atoms with van der Waals surface area (Å²) in [4.78, 5) is 12.7. The number of ether oxygens (including phenoxy) is 4. The van der Waals surface area contributed by atoms with Gasteiger partial charge in [0.05, 0.1) is 39.9 Å². The van der Waals surface area contributed by atoms with Gasteiger partial charge in [-0.3, -0.25) is 9.36 Å². The van der Waals surface area contributed by atoms with Crippen LogP contribution in [0.25, 0.3) is 17.1 Å². The summed E-state index contributed by atoms with van der Waals surface area (Å²) in [6.45, 7) is 1.82. The van der Waals surface area contributed by atoms with Crippen molar-refractivity contribution in [3.05, 3.63) is 72.3 Å². The number of thioether (sulfide) groups is 1. The lowest BCUT2D eigenvalue weighted by molar-refractivity contribution is -0.118. The predicted octanol–water partition coefficient (Wildman–Crippen LogP) is 4.60. The van der Waals surface area contributed by atoms with Crippen LogP contribution in [-0.4, -0.2) is 60.6 Å². The van der Waals surface area contributed by atoms with E-state index in [-0.39, 0.29) is 11.7 Å². The molecule has 4 rings (SSSR count). The lowest BCUT2D eigenvalue weighted by atomic mass is 10.1. The van der Waals surface area contributed by atoms with E-state index in [9.17, 15) is 4.79 Å². The van der Waals surface area contributed by atoms with E-state index in [0.717, 1.165) is 17.0 Å². The molecule has 0 spiro atoms. The second-order valence-corrected chi connectivity index (χ2v) is 9.08. The average Bonchev–Trinajstić information content (AvgIpc) is 3.42. The van der Waals surface area contributed by atoms with Gasteiger partial charge < -0.3 is 18.9 Å². The van der Waals surface area contributed by atoms with E-state index in [2.05, 4.69) is 20.7 Å².